The smallest absolute Gasteiger partial charge is 0.266 e. The molecule has 0 aromatic heterocycles. The highest BCUT2D eigenvalue weighted by molar-refractivity contribution is 8.26. The second kappa shape index (κ2) is 9.79. The van der Waals surface area contributed by atoms with Crippen molar-refractivity contribution < 1.29 is 14.3 Å². The zero-order valence-electron chi connectivity index (χ0n) is 17.0. The molecule has 30 heavy (non-hydrogen) atoms. The summed E-state index contributed by atoms with van der Waals surface area (Å²) in [5.74, 6) is 1.39. The lowest BCUT2D eigenvalue weighted by Gasteiger charge is -2.16. The summed E-state index contributed by atoms with van der Waals surface area (Å²) >= 11 is 6.67. The molecular formula is C23H22N2O3S2. The van der Waals surface area contributed by atoms with Crippen molar-refractivity contribution in [2.75, 3.05) is 13.7 Å². The molecule has 0 spiro atoms. The normalized spacial score (nSPS) is 15.0. The molecule has 0 atom stereocenters. The third-order valence-corrected chi connectivity index (χ3v) is 5.81. The predicted molar refractivity (Wildman–Crippen MR) is 123 cm³/mol. The molecule has 1 aliphatic rings. The van der Waals surface area contributed by atoms with Crippen molar-refractivity contribution in [2.45, 2.75) is 20.5 Å². The first-order valence-electron chi connectivity index (χ1n) is 9.47. The van der Waals surface area contributed by atoms with Gasteiger partial charge in [-0.2, -0.15) is 5.26 Å². The number of hydrogen-bond acceptors (Lipinski definition) is 6. The summed E-state index contributed by atoms with van der Waals surface area (Å²) in [7, 11) is 1.57. The van der Waals surface area contributed by atoms with Crippen LogP contribution in [0.1, 0.15) is 30.5 Å². The maximum Gasteiger partial charge on any atom is 0.266 e. The highest BCUT2D eigenvalue weighted by atomic mass is 32.2. The highest BCUT2D eigenvalue weighted by Crippen LogP contribution is 2.35. The van der Waals surface area contributed by atoms with Crippen LogP contribution in [0.3, 0.4) is 0 Å². The number of carbonyl (C=O) groups excluding carboxylic acids is 1. The van der Waals surface area contributed by atoms with Gasteiger partial charge in [-0.3, -0.25) is 9.69 Å². The Morgan fingerprint density at radius 3 is 2.70 bits per heavy atom. The van der Waals surface area contributed by atoms with Gasteiger partial charge in [0.05, 0.1) is 23.6 Å². The van der Waals surface area contributed by atoms with Gasteiger partial charge in [-0.15, -0.1) is 0 Å². The Hall–Kier alpha value is -2.82. The van der Waals surface area contributed by atoms with E-state index < -0.39 is 0 Å². The van der Waals surface area contributed by atoms with E-state index >= 15 is 0 Å². The minimum Gasteiger partial charge on any atom is -0.493 e. The van der Waals surface area contributed by atoms with E-state index in [4.69, 9.17) is 21.7 Å². The van der Waals surface area contributed by atoms with Gasteiger partial charge in [0.1, 0.15) is 10.9 Å². The first-order valence-corrected chi connectivity index (χ1v) is 10.7. The van der Waals surface area contributed by atoms with Gasteiger partial charge in [0.25, 0.3) is 5.91 Å². The topological polar surface area (TPSA) is 62.6 Å². The molecule has 0 N–H and O–H groups in total. The molecular weight excluding hydrogens is 416 g/mol. The monoisotopic (exact) mass is 438 g/mol. The summed E-state index contributed by atoms with van der Waals surface area (Å²) in [5.41, 5.74) is 2.21. The molecule has 2 aromatic carbocycles. The Labute approximate surface area is 186 Å². The standard InChI is InChI=1S/C23H22N2O3S2/c1-15(2)13-25-22(26)21(30-23(25)29)11-16-8-9-19(20(10-16)27-3)28-14-18-7-5-4-6-17(18)12-24/h4-11,15H,13-14H2,1-3H3/b21-11-. The quantitative estimate of drug-likeness (QED) is 0.448. The van der Waals surface area contributed by atoms with Gasteiger partial charge < -0.3 is 9.47 Å². The van der Waals surface area contributed by atoms with Gasteiger partial charge in [0.2, 0.25) is 0 Å². The van der Waals surface area contributed by atoms with Crippen molar-refractivity contribution in [3.63, 3.8) is 0 Å². The van der Waals surface area contributed by atoms with Crippen molar-refractivity contribution in [1.82, 2.24) is 4.90 Å². The number of thiocarbonyl (C=S) groups is 1. The minimum absolute atomic E-state index is 0.0638. The fourth-order valence-corrected chi connectivity index (χ4v) is 4.25. The summed E-state index contributed by atoms with van der Waals surface area (Å²) in [6.45, 7) is 4.98. The first kappa shape index (κ1) is 21.9. The number of carbonyl (C=O) groups is 1. The minimum atomic E-state index is -0.0638. The lowest BCUT2D eigenvalue weighted by molar-refractivity contribution is -0.122. The molecule has 3 rings (SSSR count). The number of methoxy groups -OCH3 is 1. The molecule has 0 unspecified atom stereocenters. The van der Waals surface area contributed by atoms with E-state index in [0.717, 1.165) is 11.1 Å². The number of hydrogen-bond donors (Lipinski definition) is 0. The number of benzene rings is 2. The largest absolute Gasteiger partial charge is 0.493 e. The molecule has 1 fully saturated rings. The third-order valence-electron chi connectivity index (χ3n) is 4.43. The van der Waals surface area contributed by atoms with E-state index in [1.807, 2.05) is 36.4 Å². The van der Waals surface area contributed by atoms with E-state index in [1.165, 1.54) is 11.8 Å². The molecule has 0 radical (unpaired) electrons. The van der Waals surface area contributed by atoms with E-state index in [1.54, 1.807) is 24.1 Å². The molecule has 1 aliphatic heterocycles. The van der Waals surface area contributed by atoms with Crippen molar-refractivity contribution in [3.05, 3.63) is 64.1 Å². The van der Waals surface area contributed by atoms with Crippen LogP contribution in [-0.2, 0) is 11.4 Å². The van der Waals surface area contributed by atoms with Crippen LogP contribution < -0.4 is 9.47 Å². The Morgan fingerprint density at radius 2 is 2.00 bits per heavy atom. The van der Waals surface area contributed by atoms with E-state index in [0.29, 0.717) is 38.8 Å². The second-order valence-corrected chi connectivity index (χ2v) is 8.83. The van der Waals surface area contributed by atoms with Gasteiger partial charge in [-0.05, 0) is 35.8 Å². The Morgan fingerprint density at radius 1 is 1.23 bits per heavy atom. The molecule has 1 saturated heterocycles. The van der Waals surface area contributed by atoms with Crippen LogP contribution in [0.4, 0.5) is 0 Å². The van der Waals surface area contributed by atoms with Crippen LogP contribution in [0.15, 0.2) is 47.4 Å². The lowest BCUT2D eigenvalue weighted by atomic mass is 10.1. The van der Waals surface area contributed by atoms with Crippen LogP contribution in [-0.4, -0.2) is 28.8 Å². The summed E-state index contributed by atoms with van der Waals surface area (Å²) < 4.78 is 11.9. The Bertz CT molecular complexity index is 1040. The number of nitriles is 1. The van der Waals surface area contributed by atoms with Crippen molar-refractivity contribution >= 4 is 40.3 Å². The Kier molecular flexibility index (Phi) is 7.14. The maximum atomic E-state index is 12.7. The molecule has 1 heterocycles. The lowest BCUT2D eigenvalue weighted by Crippen LogP contribution is -2.31. The molecule has 2 aromatic rings. The molecule has 5 nitrogen and oxygen atoms in total. The fraction of sp³-hybridized carbons (Fsp3) is 0.261. The second-order valence-electron chi connectivity index (χ2n) is 7.15. The molecule has 0 bridgehead atoms. The van der Waals surface area contributed by atoms with Gasteiger partial charge >= 0.3 is 0 Å². The number of thioether (sulfide) groups is 1. The molecule has 0 aliphatic carbocycles. The molecule has 154 valence electrons. The Balaban J connectivity index is 1.77. The van der Waals surface area contributed by atoms with Crippen LogP contribution in [0.2, 0.25) is 0 Å². The average Bonchev–Trinajstić information content (AvgIpc) is 2.99. The van der Waals surface area contributed by atoms with Crippen LogP contribution >= 0.6 is 24.0 Å². The zero-order valence-corrected chi connectivity index (χ0v) is 18.7. The number of nitrogens with zero attached hydrogens (tertiary/aromatic N) is 2. The molecule has 7 heteroatoms. The van der Waals surface area contributed by atoms with Gasteiger partial charge in [0, 0.05) is 12.1 Å². The number of amides is 1. The molecule has 1 amide bonds. The average molecular weight is 439 g/mol. The molecule has 0 saturated carbocycles. The van der Waals surface area contributed by atoms with Crippen molar-refractivity contribution in [1.29, 1.82) is 5.26 Å². The van der Waals surface area contributed by atoms with Crippen LogP contribution in [0, 0.1) is 17.2 Å². The van der Waals surface area contributed by atoms with Crippen molar-refractivity contribution in [3.8, 4) is 17.6 Å². The summed E-state index contributed by atoms with van der Waals surface area (Å²) in [5, 5.41) is 9.22. The summed E-state index contributed by atoms with van der Waals surface area (Å²) in [6, 6.07) is 15.0. The zero-order chi connectivity index (χ0) is 21.7. The summed E-state index contributed by atoms with van der Waals surface area (Å²) in [6.07, 6.45) is 1.82. The summed E-state index contributed by atoms with van der Waals surface area (Å²) in [4.78, 5) is 14.9. The fourth-order valence-electron chi connectivity index (χ4n) is 2.98. The number of rotatable bonds is 7. The van der Waals surface area contributed by atoms with Crippen LogP contribution in [0.5, 0.6) is 11.5 Å². The maximum absolute atomic E-state index is 12.7. The van der Waals surface area contributed by atoms with Crippen molar-refractivity contribution in [2.24, 2.45) is 5.92 Å². The SMILES string of the molecule is COc1cc(/C=C2\SC(=S)N(CC(C)C)C2=O)ccc1OCc1ccccc1C#N. The highest BCUT2D eigenvalue weighted by Gasteiger charge is 2.32. The number of ether oxygens (including phenoxy) is 2. The van der Waals surface area contributed by atoms with Gasteiger partial charge in [-0.25, -0.2) is 0 Å². The van der Waals surface area contributed by atoms with E-state index in [9.17, 15) is 10.1 Å². The van der Waals surface area contributed by atoms with Crippen LogP contribution in [0.25, 0.3) is 6.08 Å². The third kappa shape index (κ3) is 5.02. The first-order chi connectivity index (χ1) is 14.4. The van der Waals surface area contributed by atoms with E-state index in [-0.39, 0.29) is 12.5 Å². The van der Waals surface area contributed by atoms with Gasteiger partial charge in [0.15, 0.2) is 11.5 Å². The predicted octanol–water partition coefficient (Wildman–Crippen LogP) is 5.00. The van der Waals surface area contributed by atoms with Gasteiger partial charge in [-0.1, -0.05) is 62.1 Å². The van der Waals surface area contributed by atoms with E-state index in [2.05, 4.69) is 19.9 Å².